The van der Waals surface area contributed by atoms with E-state index in [1.165, 1.54) is 47.2 Å². The lowest BCUT2D eigenvalue weighted by Gasteiger charge is -2.36. The van der Waals surface area contributed by atoms with Crippen LogP contribution in [0.3, 0.4) is 0 Å². The second-order valence-electron chi connectivity index (χ2n) is 5.52. The maximum Gasteiger partial charge on any atom is 0.0935 e. The molecule has 5 heteroatoms. The van der Waals surface area contributed by atoms with E-state index < -0.39 is 0 Å². The Morgan fingerprint density at radius 1 is 1.14 bits per heavy atom. The summed E-state index contributed by atoms with van der Waals surface area (Å²) < 4.78 is 0.861. The number of rotatable bonds is 4. The third kappa shape index (κ3) is 3.45. The largest absolute Gasteiger partial charge is 0.363 e. The summed E-state index contributed by atoms with van der Waals surface area (Å²) in [4.78, 5) is 7.60. The molecule has 21 heavy (non-hydrogen) atoms. The van der Waals surface area contributed by atoms with Crippen molar-refractivity contribution in [3.05, 3.63) is 28.6 Å². The Bertz CT molecular complexity index is 585. The van der Waals surface area contributed by atoms with Gasteiger partial charge >= 0.3 is 0 Å². The highest BCUT2D eigenvalue weighted by Gasteiger charge is 2.22. The average Bonchev–Trinajstić information content (AvgIpc) is 3.15. The van der Waals surface area contributed by atoms with Crippen molar-refractivity contribution < 1.29 is 0 Å². The van der Waals surface area contributed by atoms with Crippen LogP contribution in [0.1, 0.15) is 19.8 Å². The molecular formula is C16H21ClN2S2. The van der Waals surface area contributed by atoms with Gasteiger partial charge in [0, 0.05) is 35.9 Å². The summed E-state index contributed by atoms with van der Waals surface area (Å²) in [5.41, 5.74) is 0. The van der Waals surface area contributed by atoms with Gasteiger partial charge in [0.05, 0.1) is 9.34 Å². The van der Waals surface area contributed by atoms with Crippen molar-refractivity contribution in [1.82, 2.24) is 4.90 Å². The highest BCUT2D eigenvalue weighted by atomic mass is 35.5. The number of likely N-dealkylation sites (tertiary alicyclic amines) is 1. The molecule has 1 saturated heterocycles. The molecule has 114 valence electrons. The molecule has 0 spiro atoms. The van der Waals surface area contributed by atoms with E-state index in [1.54, 1.807) is 11.3 Å². The monoisotopic (exact) mass is 340 g/mol. The van der Waals surface area contributed by atoms with Gasteiger partial charge in [0.25, 0.3) is 0 Å². The minimum Gasteiger partial charge on any atom is -0.363 e. The Morgan fingerprint density at radius 2 is 1.81 bits per heavy atom. The highest BCUT2D eigenvalue weighted by molar-refractivity contribution is 7.25. The molecular weight excluding hydrogens is 320 g/mol. The van der Waals surface area contributed by atoms with Gasteiger partial charge in [-0.15, -0.1) is 22.7 Å². The summed E-state index contributed by atoms with van der Waals surface area (Å²) in [7, 11) is 2.24. The van der Waals surface area contributed by atoms with Crippen LogP contribution in [-0.2, 0) is 0 Å². The highest BCUT2D eigenvalue weighted by Crippen LogP contribution is 2.39. The molecule has 0 unspecified atom stereocenters. The third-order valence-electron chi connectivity index (χ3n) is 4.31. The minimum atomic E-state index is 0.672. The normalized spacial score (nSPS) is 17.3. The van der Waals surface area contributed by atoms with Crippen molar-refractivity contribution in [1.29, 1.82) is 0 Å². The second kappa shape index (κ2) is 6.69. The van der Waals surface area contributed by atoms with E-state index in [0.717, 1.165) is 4.34 Å². The SMILES string of the molecule is CCN1CCC(N(C)c2ccc(-c3ccc(Cl)s3)s2)CC1. The Labute approximate surface area is 140 Å². The molecule has 0 radical (unpaired) electrons. The minimum absolute atomic E-state index is 0.672. The zero-order valence-electron chi connectivity index (χ0n) is 12.5. The van der Waals surface area contributed by atoms with Crippen LogP contribution in [0.2, 0.25) is 4.34 Å². The topological polar surface area (TPSA) is 6.48 Å². The molecule has 1 aliphatic rings. The van der Waals surface area contributed by atoms with Crippen LogP contribution in [-0.4, -0.2) is 37.6 Å². The maximum absolute atomic E-state index is 6.04. The molecule has 1 fully saturated rings. The quantitative estimate of drug-likeness (QED) is 0.768. The van der Waals surface area contributed by atoms with Crippen LogP contribution < -0.4 is 4.90 Å². The van der Waals surface area contributed by atoms with Gasteiger partial charge in [0.2, 0.25) is 0 Å². The zero-order chi connectivity index (χ0) is 14.8. The Kier molecular flexibility index (Phi) is 4.89. The second-order valence-corrected chi connectivity index (χ2v) is 8.30. The summed E-state index contributed by atoms with van der Waals surface area (Å²) in [6.07, 6.45) is 2.53. The molecule has 1 aliphatic heterocycles. The van der Waals surface area contributed by atoms with Gasteiger partial charge in [0.1, 0.15) is 0 Å². The fourth-order valence-electron chi connectivity index (χ4n) is 2.90. The lowest BCUT2D eigenvalue weighted by molar-refractivity contribution is 0.221. The first-order valence-corrected chi connectivity index (χ1v) is 9.49. The number of anilines is 1. The smallest absolute Gasteiger partial charge is 0.0935 e. The molecule has 0 amide bonds. The van der Waals surface area contributed by atoms with Crippen molar-refractivity contribution >= 4 is 39.3 Å². The third-order valence-corrected chi connectivity index (χ3v) is 6.91. The molecule has 0 aliphatic carbocycles. The first-order valence-electron chi connectivity index (χ1n) is 7.48. The Hall–Kier alpha value is -0.550. The van der Waals surface area contributed by atoms with Crippen molar-refractivity contribution in [2.24, 2.45) is 0 Å². The van der Waals surface area contributed by atoms with E-state index in [9.17, 15) is 0 Å². The van der Waals surface area contributed by atoms with Crippen LogP contribution in [0.15, 0.2) is 24.3 Å². The van der Waals surface area contributed by atoms with Crippen LogP contribution in [0, 0.1) is 0 Å². The Balaban J connectivity index is 1.68. The number of hydrogen-bond donors (Lipinski definition) is 0. The van der Waals surface area contributed by atoms with E-state index in [1.807, 2.05) is 17.4 Å². The van der Waals surface area contributed by atoms with E-state index in [-0.39, 0.29) is 0 Å². The molecule has 2 nitrogen and oxygen atoms in total. The van der Waals surface area contributed by atoms with Gasteiger partial charge in [-0.3, -0.25) is 0 Å². The lowest BCUT2D eigenvalue weighted by Crippen LogP contribution is -2.43. The fraction of sp³-hybridized carbons (Fsp3) is 0.500. The summed E-state index contributed by atoms with van der Waals surface area (Å²) in [5.74, 6) is 0. The van der Waals surface area contributed by atoms with Crippen molar-refractivity contribution in [3.63, 3.8) is 0 Å². The molecule has 3 heterocycles. The first kappa shape index (κ1) is 15.3. The standard InChI is InChI=1S/C16H21ClN2S2/c1-3-19-10-8-12(9-11-19)18(2)16-7-5-14(21-16)13-4-6-15(17)20-13/h4-7,12H,3,8-11H2,1-2H3. The Morgan fingerprint density at radius 3 is 2.43 bits per heavy atom. The van der Waals surface area contributed by atoms with Gasteiger partial charge in [-0.25, -0.2) is 0 Å². The fourth-order valence-corrected chi connectivity index (χ4v) is 5.07. The molecule has 2 aromatic heterocycles. The first-order chi connectivity index (χ1) is 10.2. The predicted molar refractivity (Wildman–Crippen MR) is 96.2 cm³/mol. The van der Waals surface area contributed by atoms with E-state index in [0.29, 0.717) is 6.04 Å². The van der Waals surface area contributed by atoms with Crippen LogP contribution in [0.5, 0.6) is 0 Å². The molecule has 0 saturated carbocycles. The maximum atomic E-state index is 6.04. The lowest BCUT2D eigenvalue weighted by atomic mass is 10.0. The summed E-state index contributed by atoms with van der Waals surface area (Å²) in [6.45, 7) is 5.88. The van der Waals surface area contributed by atoms with Crippen LogP contribution in [0.25, 0.3) is 9.75 Å². The number of piperidine rings is 1. The van der Waals surface area contributed by atoms with Crippen molar-refractivity contribution in [2.75, 3.05) is 31.6 Å². The molecule has 3 rings (SSSR count). The zero-order valence-corrected chi connectivity index (χ0v) is 14.9. The van der Waals surface area contributed by atoms with Gasteiger partial charge in [-0.2, -0.15) is 0 Å². The van der Waals surface area contributed by atoms with Crippen LogP contribution in [0.4, 0.5) is 5.00 Å². The number of hydrogen-bond acceptors (Lipinski definition) is 4. The molecule has 0 N–H and O–H groups in total. The van der Waals surface area contributed by atoms with Gasteiger partial charge < -0.3 is 9.80 Å². The molecule has 0 atom stereocenters. The van der Waals surface area contributed by atoms with E-state index in [2.05, 4.69) is 42.0 Å². The van der Waals surface area contributed by atoms with Crippen molar-refractivity contribution in [2.45, 2.75) is 25.8 Å². The number of halogens is 1. The van der Waals surface area contributed by atoms with E-state index in [4.69, 9.17) is 11.6 Å². The van der Waals surface area contributed by atoms with Gasteiger partial charge in [0.15, 0.2) is 0 Å². The average molecular weight is 341 g/mol. The summed E-state index contributed by atoms with van der Waals surface area (Å²) in [5, 5.41) is 1.37. The van der Waals surface area contributed by atoms with Crippen LogP contribution >= 0.6 is 34.3 Å². The van der Waals surface area contributed by atoms with Crippen molar-refractivity contribution in [3.8, 4) is 9.75 Å². The summed E-state index contributed by atoms with van der Waals surface area (Å²) >= 11 is 9.56. The van der Waals surface area contributed by atoms with Gasteiger partial charge in [-0.1, -0.05) is 18.5 Å². The van der Waals surface area contributed by atoms with E-state index >= 15 is 0 Å². The number of nitrogens with zero attached hydrogens (tertiary/aromatic N) is 2. The summed E-state index contributed by atoms with van der Waals surface area (Å²) in [6, 6.07) is 9.24. The predicted octanol–water partition coefficient (Wildman–Crippen LogP) is 5.05. The molecule has 2 aromatic rings. The molecule has 0 bridgehead atoms. The number of thiophene rings is 2. The van der Waals surface area contributed by atoms with Gasteiger partial charge in [-0.05, 0) is 43.7 Å². The molecule has 0 aromatic carbocycles.